The van der Waals surface area contributed by atoms with Crippen LogP contribution in [0.2, 0.25) is 0 Å². The van der Waals surface area contributed by atoms with Crippen molar-refractivity contribution in [1.29, 1.82) is 0 Å². The smallest absolute Gasteiger partial charge is 0.147 e. The Hall–Kier alpha value is -1.09. The lowest BCUT2D eigenvalue weighted by Crippen LogP contribution is -2.24. The lowest BCUT2D eigenvalue weighted by Gasteiger charge is -2.22. The molecule has 3 heteroatoms. The molecule has 0 atom stereocenters. The average molecular weight is 270 g/mol. The maximum absolute atomic E-state index is 13.6. The minimum Gasteiger partial charge on any atom is -0.362 e. The summed E-state index contributed by atoms with van der Waals surface area (Å²) < 4.78 is 14.3. The van der Waals surface area contributed by atoms with E-state index in [9.17, 15) is 4.39 Å². The number of benzene rings is 1. The quantitative estimate of drug-likeness (QED) is 0.736. The molecule has 0 aliphatic rings. The van der Waals surface area contributed by atoms with Crippen LogP contribution in [-0.2, 0) is 0 Å². The Morgan fingerprint density at radius 1 is 1.27 bits per heavy atom. The summed E-state index contributed by atoms with van der Waals surface area (Å²) in [6.07, 6.45) is 3.48. The maximum atomic E-state index is 13.6. The third kappa shape index (κ3) is 3.20. The average Bonchev–Trinajstić information content (AvgIpc) is 2.17. The Labute approximate surface area is 98.0 Å². The standard InChI is InChI=1S/C12H13BrFN/c1-3-7-15(8-4-2)12-6-5-10(13)9-11(12)14/h3-6,9H,1-2,7-8H2. The van der Waals surface area contributed by atoms with E-state index >= 15 is 0 Å². The van der Waals surface area contributed by atoms with Gasteiger partial charge < -0.3 is 4.90 Å². The molecule has 1 rings (SSSR count). The number of rotatable bonds is 5. The highest BCUT2D eigenvalue weighted by atomic mass is 79.9. The van der Waals surface area contributed by atoms with Crippen molar-refractivity contribution in [2.24, 2.45) is 0 Å². The molecule has 0 spiro atoms. The Balaban J connectivity index is 2.98. The lowest BCUT2D eigenvalue weighted by molar-refractivity contribution is 0.622. The fourth-order valence-corrected chi connectivity index (χ4v) is 1.65. The number of nitrogens with zero attached hydrogens (tertiary/aromatic N) is 1. The fourth-order valence-electron chi connectivity index (χ4n) is 1.32. The molecule has 1 nitrogen and oxygen atoms in total. The molecule has 0 aliphatic carbocycles. The van der Waals surface area contributed by atoms with E-state index in [1.165, 1.54) is 6.07 Å². The van der Waals surface area contributed by atoms with Crippen LogP contribution in [0, 0.1) is 5.82 Å². The molecule has 1 aromatic rings. The largest absolute Gasteiger partial charge is 0.362 e. The summed E-state index contributed by atoms with van der Waals surface area (Å²) in [6, 6.07) is 5.01. The van der Waals surface area contributed by atoms with Crippen LogP contribution in [0.15, 0.2) is 48.0 Å². The van der Waals surface area contributed by atoms with Crippen molar-refractivity contribution in [2.75, 3.05) is 18.0 Å². The molecule has 0 aromatic heterocycles. The van der Waals surface area contributed by atoms with Crippen molar-refractivity contribution in [1.82, 2.24) is 0 Å². The topological polar surface area (TPSA) is 3.24 Å². The van der Waals surface area contributed by atoms with Crippen LogP contribution in [0.4, 0.5) is 10.1 Å². The van der Waals surface area contributed by atoms with Crippen molar-refractivity contribution < 1.29 is 4.39 Å². The molecular weight excluding hydrogens is 257 g/mol. The van der Waals surface area contributed by atoms with Gasteiger partial charge in [-0.05, 0) is 18.2 Å². The van der Waals surface area contributed by atoms with E-state index in [-0.39, 0.29) is 5.82 Å². The highest BCUT2D eigenvalue weighted by molar-refractivity contribution is 9.10. The van der Waals surface area contributed by atoms with Crippen molar-refractivity contribution >= 4 is 21.6 Å². The first-order chi connectivity index (χ1) is 7.19. The summed E-state index contributed by atoms with van der Waals surface area (Å²) in [7, 11) is 0. The predicted octanol–water partition coefficient (Wildman–Crippen LogP) is 3.77. The first kappa shape index (κ1) is 12.0. The molecule has 0 radical (unpaired) electrons. The van der Waals surface area contributed by atoms with Crippen LogP contribution < -0.4 is 4.90 Å². The molecule has 0 aliphatic heterocycles. The maximum Gasteiger partial charge on any atom is 0.147 e. The molecule has 0 saturated carbocycles. The van der Waals surface area contributed by atoms with E-state index in [4.69, 9.17) is 0 Å². The van der Waals surface area contributed by atoms with Gasteiger partial charge >= 0.3 is 0 Å². The van der Waals surface area contributed by atoms with Gasteiger partial charge in [0.1, 0.15) is 5.82 Å². The van der Waals surface area contributed by atoms with Crippen molar-refractivity contribution in [3.05, 3.63) is 53.8 Å². The molecule has 0 bridgehead atoms. The second-order valence-corrected chi connectivity index (χ2v) is 3.99. The van der Waals surface area contributed by atoms with Crippen LogP contribution in [0.5, 0.6) is 0 Å². The zero-order valence-corrected chi connectivity index (χ0v) is 10.0. The number of anilines is 1. The normalized spacial score (nSPS) is 9.73. The van der Waals surface area contributed by atoms with Crippen molar-refractivity contribution in [2.45, 2.75) is 0 Å². The summed E-state index contributed by atoms with van der Waals surface area (Å²) in [4.78, 5) is 1.86. The number of halogens is 2. The summed E-state index contributed by atoms with van der Waals surface area (Å²) >= 11 is 3.22. The first-order valence-corrected chi connectivity index (χ1v) is 5.40. The molecule has 0 saturated heterocycles. The summed E-state index contributed by atoms with van der Waals surface area (Å²) in [5.41, 5.74) is 0.568. The van der Waals surface area contributed by atoms with E-state index in [2.05, 4.69) is 29.1 Å². The lowest BCUT2D eigenvalue weighted by atomic mass is 10.2. The highest BCUT2D eigenvalue weighted by Crippen LogP contribution is 2.22. The third-order valence-corrected chi connectivity index (χ3v) is 2.44. The first-order valence-electron chi connectivity index (χ1n) is 4.61. The summed E-state index contributed by atoms with van der Waals surface area (Å²) in [5, 5.41) is 0. The van der Waals surface area contributed by atoms with Gasteiger partial charge in [-0.1, -0.05) is 28.1 Å². The molecule has 0 fully saturated rings. The van der Waals surface area contributed by atoms with Crippen molar-refractivity contribution in [3.8, 4) is 0 Å². The third-order valence-electron chi connectivity index (χ3n) is 1.95. The van der Waals surface area contributed by atoms with E-state index in [0.717, 1.165) is 4.47 Å². The number of hydrogen-bond donors (Lipinski definition) is 0. The Bertz CT molecular complexity index is 353. The zero-order chi connectivity index (χ0) is 11.3. The Kier molecular flexibility index (Phi) is 4.56. The fraction of sp³-hybridized carbons (Fsp3) is 0.167. The van der Waals surface area contributed by atoms with Gasteiger partial charge in [-0.25, -0.2) is 4.39 Å². The van der Waals surface area contributed by atoms with Crippen LogP contribution in [-0.4, -0.2) is 13.1 Å². The molecule has 0 amide bonds. The summed E-state index contributed by atoms with van der Waals surface area (Å²) in [6.45, 7) is 8.50. The molecular formula is C12H13BrFN. The van der Waals surface area contributed by atoms with Gasteiger partial charge in [0.25, 0.3) is 0 Å². The van der Waals surface area contributed by atoms with Crippen LogP contribution in [0.1, 0.15) is 0 Å². The van der Waals surface area contributed by atoms with E-state index in [1.54, 1.807) is 18.2 Å². The van der Waals surface area contributed by atoms with E-state index in [0.29, 0.717) is 18.8 Å². The summed E-state index contributed by atoms with van der Waals surface area (Å²) in [5.74, 6) is -0.243. The van der Waals surface area contributed by atoms with Crippen molar-refractivity contribution in [3.63, 3.8) is 0 Å². The monoisotopic (exact) mass is 269 g/mol. The van der Waals surface area contributed by atoms with Crippen LogP contribution in [0.3, 0.4) is 0 Å². The predicted molar refractivity (Wildman–Crippen MR) is 66.7 cm³/mol. The Morgan fingerprint density at radius 2 is 1.87 bits per heavy atom. The van der Waals surface area contributed by atoms with E-state index < -0.39 is 0 Å². The molecule has 0 N–H and O–H groups in total. The minimum atomic E-state index is -0.243. The SMILES string of the molecule is C=CCN(CC=C)c1ccc(Br)cc1F. The van der Waals surface area contributed by atoms with Gasteiger partial charge in [-0.2, -0.15) is 0 Å². The second kappa shape index (κ2) is 5.71. The van der Waals surface area contributed by atoms with Gasteiger partial charge in [-0.15, -0.1) is 13.2 Å². The van der Waals surface area contributed by atoms with Gasteiger partial charge in [0.2, 0.25) is 0 Å². The Morgan fingerprint density at radius 3 is 2.33 bits per heavy atom. The van der Waals surface area contributed by atoms with Crippen LogP contribution in [0.25, 0.3) is 0 Å². The van der Waals surface area contributed by atoms with Crippen LogP contribution >= 0.6 is 15.9 Å². The second-order valence-electron chi connectivity index (χ2n) is 3.08. The minimum absolute atomic E-state index is 0.243. The van der Waals surface area contributed by atoms with Gasteiger partial charge in [0, 0.05) is 17.6 Å². The molecule has 1 aromatic carbocycles. The molecule has 0 unspecified atom stereocenters. The van der Waals surface area contributed by atoms with Gasteiger partial charge in [-0.3, -0.25) is 0 Å². The molecule has 0 heterocycles. The van der Waals surface area contributed by atoms with Gasteiger partial charge in [0.05, 0.1) is 5.69 Å². The zero-order valence-electron chi connectivity index (χ0n) is 8.42. The highest BCUT2D eigenvalue weighted by Gasteiger charge is 2.08. The number of hydrogen-bond acceptors (Lipinski definition) is 1. The van der Waals surface area contributed by atoms with Gasteiger partial charge in [0.15, 0.2) is 0 Å². The molecule has 15 heavy (non-hydrogen) atoms. The van der Waals surface area contributed by atoms with E-state index in [1.807, 2.05) is 11.0 Å². The molecule has 80 valence electrons.